The van der Waals surface area contributed by atoms with Crippen LogP contribution in [0.1, 0.15) is 13.8 Å². The van der Waals surface area contributed by atoms with Crippen molar-refractivity contribution >= 4 is 15.7 Å². The molecule has 0 fully saturated rings. The van der Waals surface area contributed by atoms with Crippen LogP contribution >= 0.6 is 0 Å². The van der Waals surface area contributed by atoms with Crippen LogP contribution in [-0.4, -0.2) is 34.7 Å². The Morgan fingerprint density at radius 1 is 1.33 bits per heavy atom. The predicted molar refractivity (Wildman–Crippen MR) is 72.3 cm³/mol. The first-order valence-corrected chi connectivity index (χ1v) is 7.33. The van der Waals surface area contributed by atoms with Crippen LogP contribution in [0.5, 0.6) is 0 Å². The minimum atomic E-state index is -3.45. The molecule has 0 bridgehead atoms. The zero-order chi connectivity index (χ0) is 13.6. The van der Waals surface area contributed by atoms with Gasteiger partial charge >= 0.3 is 0 Å². The highest BCUT2D eigenvalue weighted by Gasteiger charge is 2.17. The maximum atomic E-state index is 12.0. The highest BCUT2D eigenvalue weighted by Crippen LogP contribution is 2.21. The van der Waals surface area contributed by atoms with E-state index in [1.807, 2.05) is 6.92 Å². The smallest absolute Gasteiger partial charge is 0.242 e. The van der Waals surface area contributed by atoms with Gasteiger partial charge in [0.15, 0.2) is 0 Å². The van der Waals surface area contributed by atoms with E-state index in [2.05, 4.69) is 10.0 Å². The van der Waals surface area contributed by atoms with Gasteiger partial charge in [0.05, 0.1) is 12.3 Å². The molecule has 0 aliphatic heterocycles. The molecule has 5 nitrogen and oxygen atoms in total. The molecule has 1 aromatic carbocycles. The van der Waals surface area contributed by atoms with Crippen molar-refractivity contribution in [2.45, 2.75) is 24.8 Å². The van der Waals surface area contributed by atoms with Gasteiger partial charge in [0.1, 0.15) is 4.90 Å². The van der Waals surface area contributed by atoms with E-state index in [1.54, 1.807) is 38.3 Å². The maximum Gasteiger partial charge on any atom is 0.242 e. The number of hydrogen-bond acceptors (Lipinski definition) is 4. The van der Waals surface area contributed by atoms with Crippen LogP contribution < -0.4 is 10.0 Å². The molecule has 102 valence electrons. The van der Waals surface area contributed by atoms with Crippen molar-refractivity contribution in [2.75, 3.05) is 25.6 Å². The summed E-state index contributed by atoms with van der Waals surface area (Å²) in [5.41, 5.74) is 0.586. The molecule has 0 aliphatic rings. The molecular weight excluding hydrogens is 252 g/mol. The molecule has 0 aliphatic carbocycles. The Labute approximate surface area is 109 Å². The average Bonchev–Trinajstić information content (AvgIpc) is 2.29. The lowest BCUT2D eigenvalue weighted by Gasteiger charge is -2.17. The molecule has 1 atom stereocenters. The van der Waals surface area contributed by atoms with E-state index >= 15 is 0 Å². The van der Waals surface area contributed by atoms with E-state index in [1.165, 1.54) is 0 Å². The van der Waals surface area contributed by atoms with E-state index in [0.717, 1.165) is 0 Å². The van der Waals surface area contributed by atoms with E-state index in [9.17, 15) is 8.42 Å². The summed E-state index contributed by atoms with van der Waals surface area (Å²) in [5, 5.41) is 3.13. The normalized spacial score (nSPS) is 13.3. The van der Waals surface area contributed by atoms with Crippen LogP contribution in [-0.2, 0) is 14.8 Å². The second-order valence-corrected chi connectivity index (χ2v) is 5.73. The van der Waals surface area contributed by atoms with Gasteiger partial charge in [-0.1, -0.05) is 19.1 Å². The topological polar surface area (TPSA) is 67.4 Å². The standard InChI is InChI=1S/C12H20N2O3S/c1-4-13-18(15,16)12-8-6-5-7-11(12)14-10(2)9-17-3/h5-8,10,13-14H,4,9H2,1-3H3. The quantitative estimate of drug-likeness (QED) is 0.788. The van der Waals surface area contributed by atoms with Gasteiger partial charge in [-0.3, -0.25) is 0 Å². The molecule has 18 heavy (non-hydrogen) atoms. The average molecular weight is 272 g/mol. The van der Waals surface area contributed by atoms with Gasteiger partial charge in [-0.15, -0.1) is 0 Å². The zero-order valence-corrected chi connectivity index (χ0v) is 11.8. The van der Waals surface area contributed by atoms with Crippen molar-refractivity contribution in [3.8, 4) is 0 Å². The molecule has 0 saturated heterocycles. The lowest BCUT2D eigenvalue weighted by Crippen LogP contribution is -2.26. The molecule has 0 spiro atoms. The number of methoxy groups -OCH3 is 1. The number of hydrogen-bond donors (Lipinski definition) is 2. The first-order valence-electron chi connectivity index (χ1n) is 5.85. The Balaban J connectivity index is 3.00. The summed E-state index contributed by atoms with van der Waals surface area (Å²) in [6.45, 7) is 4.56. The molecule has 0 amide bonds. The zero-order valence-electron chi connectivity index (χ0n) is 10.9. The number of nitrogens with one attached hydrogen (secondary N) is 2. The van der Waals surface area contributed by atoms with Crippen molar-refractivity contribution in [3.63, 3.8) is 0 Å². The second-order valence-electron chi connectivity index (χ2n) is 4.00. The minimum absolute atomic E-state index is 0.0352. The number of anilines is 1. The van der Waals surface area contributed by atoms with E-state index in [0.29, 0.717) is 18.8 Å². The SMILES string of the molecule is CCNS(=O)(=O)c1ccccc1NC(C)COC. The van der Waals surface area contributed by atoms with Crippen molar-refractivity contribution in [1.82, 2.24) is 4.72 Å². The summed E-state index contributed by atoms with van der Waals surface area (Å²) in [6.07, 6.45) is 0. The number of ether oxygens (including phenoxy) is 1. The van der Waals surface area contributed by atoms with E-state index < -0.39 is 10.0 Å². The maximum absolute atomic E-state index is 12.0. The van der Waals surface area contributed by atoms with Gasteiger partial charge in [0.2, 0.25) is 10.0 Å². The Hall–Kier alpha value is -1.11. The second kappa shape index (κ2) is 6.72. The lowest BCUT2D eigenvalue weighted by molar-refractivity contribution is 0.190. The van der Waals surface area contributed by atoms with Crippen LogP contribution in [0.25, 0.3) is 0 Å². The minimum Gasteiger partial charge on any atom is -0.383 e. The predicted octanol–water partition coefficient (Wildman–Crippen LogP) is 1.43. The summed E-state index contributed by atoms with van der Waals surface area (Å²) in [7, 11) is -1.84. The van der Waals surface area contributed by atoms with Crippen LogP contribution in [0.4, 0.5) is 5.69 Å². The largest absolute Gasteiger partial charge is 0.383 e. The van der Waals surface area contributed by atoms with Crippen molar-refractivity contribution in [2.24, 2.45) is 0 Å². The summed E-state index contributed by atoms with van der Waals surface area (Å²) >= 11 is 0. The summed E-state index contributed by atoms with van der Waals surface area (Å²) in [6, 6.07) is 6.87. The van der Waals surface area contributed by atoms with Gasteiger partial charge in [0, 0.05) is 19.7 Å². The Morgan fingerprint density at radius 2 is 2.00 bits per heavy atom. The highest BCUT2D eigenvalue weighted by atomic mass is 32.2. The number of sulfonamides is 1. The van der Waals surface area contributed by atoms with Gasteiger partial charge in [-0.05, 0) is 19.1 Å². The fourth-order valence-corrected chi connectivity index (χ4v) is 2.85. The van der Waals surface area contributed by atoms with Gasteiger partial charge < -0.3 is 10.1 Å². The van der Waals surface area contributed by atoms with E-state index in [4.69, 9.17) is 4.74 Å². The summed E-state index contributed by atoms with van der Waals surface area (Å²) in [4.78, 5) is 0.259. The van der Waals surface area contributed by atoms with Crippen LogP contribution in [0.15, 0.2) is 29.2 Å². The monoisotopic (exact) mass is 272 g/mol. The first-order chi connectivity index (χ1) is 8.51. The molecule has 1 aromatic rings. The molecule has 1 unspecified atom stereocenters. The molecule has 0 radical (unpaired) electrons. The number of rotatable bonds is 7. The van der Waals surface area contributed by atoms with Gasteiger partial charge in [-0.25, -0.2) is 13.1 Å². The molecule has 0 heterocycles. The van der Waals surface area contributed by atoms with Crippen LogP contribution in [0.3, 0.4) is 0 Å². The molecular formula is C12H20N2O3S. The van der Waals surface area contributed by atoms with Crippen LogP contribution in [0.2, 0.25) is 0 Å². The lowest BCUT2D eigenvalue weighted by atomic mass is 10.3. The van der Waals surface area contributed by atoms with Crippen molar-refractivity contribution in [1.29, 1.82) is 0 Å². The van der Waals surface area contributed by atoms with E-state index in [-0.39, 0.29) is 10.9 Å². The first kappa shape index (κ1) is 14.9. The molecule has 2 N–H and O–H groups in total. The fourth-order valence-electron chi connectivity index (χ4n) is 1.65. The molecule has 1 rings (SSSR count). The Bertz CT molecular complexity index is 474. The summed E-state index contributed by atoms with van der Waals surface area (Å²) < 4.78 is 31.5. The number of para-hydroxylation sites is 1. The van der Waals surface area contributed by atoms with Gasteiger partial charge in [0.25, 0.3) is 0 Å². The molecule has 6 heteroatoms. The van der Waals surface area contributed by atoms with Crippen molar-refractivity contribution < 1.29 is 13.2 Å². The molecule has 0 saturated carbocycles. The van der Waals surface area contributed by atoms with Crippen LogP contribution in [0, 0.1) is 0 Å². The summed E-state index contributed by atoms with van der Waals surface area (Å²) in [5.74, 6) is 0. The number of benzene rings is 1. The fraction of sp³-hybridized carbons (Fsp3) is 0.500. The van der Waals surface area contributed by atoms with Crippen molar-refractivity contribution in [3.05, 3.63) is 24.3 Å². The third-order valence-corrected chi connectivity index (χ3v) is 3.93. The third kappa shape index (κ3) is 3.97. The highest BCUT2D eigenvalue weighted by molar-refractivity contribution is 7.89. The van der Waals surface area contributed by atoms with Gasteiger partial charge in [-0.2, -0.15) is 0 Å². The Kier molecular flexibility index (Phi) is 5.58. The Morgan fingerprint density at radius 3 is 2.61 bits per heavy atom. The molecule has 0 aromatic heterocycles. The third-order valence-electron chi connectivity index (χ3n) is 2.33.